The standard InChI is InChI=1S/C17H36N2O/c1-8-15-11-20-14(3)10-19(15)13-17(7,9-2)12-18-16(4,5)6/h14-15,18H,8-13H2,1-7H3. The van der Waals surface area contributed by atoms with E-state index >= 15 is 0 Å². The molecule has 0 amide bonds. The summed E-state index contributed by atoms with van der Waals surface area (Å²) in [7, 11) is 0. The third-order valence-corrected chi connectivity index (χ3v) is 4.54. The van der Waals surface area contributed by atoms with Crippen molar-refractivity contribution in [3.05, 3.63) is 0 Å². The van der Waals surface area contributed by atoms with E-state index in [4.69, 9.17) is 4.74 Å². The highest BCUT2D eigenvalue weighted by molar-refractivity contribution is 4.87. The molecule has 3 atom stereocenters. The summed E-state index contributed by atoms with van der Waals surface area (Å²) in [5.41, 5.74) is 0.524. The minimum absolute atomic E-state index is 0.193. The van der Waals surface area contributed by atoms with Gasteiger partial charge in [0.1, 0.15) is 0 Å². The van der Waals surface area contributed by atoms with E-state index in [0.29, 0.717) is 17.6 Å². The Morgan fingerprint density at radius 2 is 1.85 bits per heavy atom. The van der Waals surface area contributed by atoms with Gasteiger partial charge in [-0.1, -0.05) is 20.8 Å². The van der Waals surface area contributed by atoms with Crippen molar-refractivity contribution in [2.75, 3.05) is 26.2 Å². The highest BCUT2D eigenvalue weighted by Gasteiger charge is 2.32. The van der Waals surface area contributed by atoms with Crippen LogP contribution in [-0.2, 0) is 4.74 Å². The Bertz CT molecular complexity index is 287. The van der Waals surface area contributed by atoms with Gasteiger partial charge in [-0.05, 0) is 46.0 Å². The van der Waals surface area contributed by atoms with E-state index in [1.165, 1.54) is 19.4 Å². The fourth-order valence-corrected chi connectivity index (χ4v) is 2.74. The van der Waals surface area contributed by atoms with Crippen LogP contribution in [0.25, 0.3) is 0 Å². The highest BCUT2D eigenvalue weighted by Crippen LogP contribution is 2.26. The van der Waals surface area contributed by atoms with E-state index in [0.717, 1.165) is 19.7 Å². The van der Waals surface area contributed by atoms with Gasteiger partial charge in [0.25, 0.3) is 0 Å². The first-order valence-corrected chi connectivity index (χ1v) is 8.30. The molecule has 1 saturated heterocycles. The number of hydrogen-bond acceptors (Lipinski definition) is 3. The molecule has 0 aromatic heterocycles. The Kier molecular flexibility index (Phi) is 6.49. The van der Waals surface area contributed by atoms with Crippen LogP contribution in [0, 0.1) is 5.41 Å². The minimum atomic E-state index is 0.193. The number of rotatable bonds is 6. The van der Waals surface area contributed by atoms with Crippen molar-refractivity contribution in [3.63, 3.8) is 0 Å². The van der Waals surface area contributed by atoms with E-state index in [2.05, 4.69) is 58.7 Å². The molecule has 120 valence electrons. The van der Waals surface area contributed by atoms with Gasteiger partial charge in [0.05, 0.1) is 12.7 Å². The maximum Gasteiger partial charge on any atom is 0.0674 e. The van der Waals surface area contributed by atoms with Crippen molar-refractivity contribution in [1.82, 2.24) is 10.2 Å². The molecule has 0 saturated carbocycles. The van der Waals surface area contributed by atoms with Gasteiger partial charge in [0, 0.05) is 31.2 Å². The zero-order chi connectivity index (χ0) is 15.4. The van der Waals surface area contributed by atoms with Gasteiger partial charge < -0.3 is 10.1 Å². The topological polar surface area (TPSA) is 24.5 Å². The number of nitrogens with one attached hydrogen (secondary N) is 1. The minimum Gasteiger partial charge on any atom is -0.376 e. The number of nitrogens with zero attached hydrogens (tertiary/aromatic N) is 1. The molecule has 1 N–H and O–H groups in total. The summed E-state index contributed by atoms with van der Waals surface area (Å²) in [6.07, 6.45) is 2.76. The second-order valence-corrected chi connectivity index (χ2v) is 7.90. The summed E-state index contributed by atoms with van der Waals surface area (Å²) in [6, 6.07) is 0.590. The molecule has 3 unspecified atom stereocenters. The predicted octanol–water partition coefficient (Wildman–Crippen LogP) is 3.29. The Morgan fingerprint density at radius 3 is 2.35 bits per heavy atom. The highest BCUT2D eigenvalue weighted by atomic mass is 16.5. The first kappa shape index (κ1) is 17.9. The lowest BCUT2D eigenvalue weighted by atomic mass is 9.85. The largest absolute Gasteiger partial charge is 0.376 e. The van der Waals surface area contributed by atoms with Crippen LogP contribution in [0.3, 0.4) is 0 Å². The molecular formula is C17H36N2O. The van der Waals surface area contributed by atoms with Gasteiger partial charge in [0.2, 0.25) is 0 Å². The quantitative estimate of drug-likeness (QED) is 0.810. The summed E-state index contributed by atoms with van der Waals surface area (Å²) >= 11 is 0. The van der Waals surface area contributed by atoms with Crippen molar-refractivity contribution >= 4 is 0 Å². The lowest BCUT2D eigenvalue weighted by Crippen LogP contribution is -2.54. The van der Waals surface area contributed by atoms with Crippen LogP contribution in [0.2, 0.25) is 0 Å². The van der Waals surface area contributed by atoms with Gasteiger partial charge in [0.15, 0.2) is 0 Å². The molecule has 1 rings (SSSR count). The van der Waals surface area contributed by atoms with Crippen molar-refractivity contribution in [2.24, 2.45) is 5.41 Å². The number of hydrogen-bond donors (Lipinski definition) is 1. The average Bonchev–Trinajstić information content (AvgIpc) is 2.36. The average molecular weight is 284 g/mol. The molecule has 1 heterocycles. The van der Waals surface area contributed by atoms with Crippen LogP contribution in [0.15, 0.2) is 0 Å². The van der Waals surface area contributed by atoms with Crippen LogP contribution < -0.4 is 5.32 Å². The van der Waals surface area contributed by atoms with Gasteiger partial charge in [-0.2, -0.15) is 0 Å². The maximum atomic E-state index is 5.82. The van der Waals surface area contributed by atoms with Gasteiger partial charge in [-0.3, -0.25) is 4.90 Å². The molecule has 20 heavy (non-hydrogen) atoms. The first-order chi connectivity index (χ1) is 9.19. The van der Waals surface area contributed by atoms with E-state index in [9.17, 15) is 0 Å². The molecule has 0 aliphatic carbocycles. The zero-order valence-corrected chi connectivity index (χ0v) is 14.8. The predicted molar refractivity (Wildman–Crippen MR) is 87.2 cm³/mol. The zero-order valence-electron chi connectivity index (χ0n) is 14.8. The monoisotopic (exact) mass is 284 g/mol. The number of ether oxygens (including phenoxy) is 1. The van der Waals surface area contributed by atoms with Crippen LogP contribution in [0.4, 0.5) is 0 Å². The van der Waals surface area contributed by atoms with Crippen molar-refractivity contribution in [1.29, 1.82) is 0 Å². The summed E-state index contributed by atoms with van der Waals surface area (Å²) in [4.78, 5) is 2.65. The molecule has 0 aromatic carbocycles. The van der Waals surface area contributed by atoms with Crippen molar-refractivity contribution in [3.8, 4) is 0 Å². The molecule has 1 fully saturated rings. The third-order valence-electron chi connectivity index (χ3n) is 4.54. The molecule has 0 spiro atoms. The van der Waals surface area contributed by atoms with Crippen LogP contribution >= 0.6 is 0 Å². The van der Waals surface area contributed by atoms with E-state index in [1.807, 2.05) is 0 Å². The molecule has 0 radical (unpaired) electrons. The SMILES string of the molecule is CCC1COC(C)CN1CC(C)(CC)CNC(C)(C)C. The molecule has 3 heteroatoms. The summed E-state index contributed by atoms with van der Waals surface area (Å²) in [5, 5.41) is 3.69. The molecule has 0 aromatic rings. The lowest BCUT2D eigenvalue weighted by molar-refractivity contribution is -0.0685. The van der Waals surface area contributed by atoms with Gasteiger partial charge in [-0.15, -0.1) is 0 Å². The molecule has 3 nitrogen and oxygen atoms in total. The molecular weight excluding hydrogens is 248 g/mol. The Hall–Kier alpha value is -0.120. The molecule has 1 aliphatic rings. The fraction of sp³-hybridized carbons (Fsp3) is 1.00. The van der Waals surface area contributed by atoms with Crippen molar-refractivity contribution in [2.45, 2.75) is 79.0 Å². The Balaban J connectivity index is 2.64. The fourth-order valence-electron chi connectivity index (χ4n) is 2.74. The summed E-state index contributed by atoms with van der Waals surface area (Å²) < 4.78 is 5.82. The van der Waals surface area contributed by atoms with Crippen molar-refractivity contribution < 1.29 is 4.74 Å². The van der Waals surface area contributed by atoms with Crippen LogP contribution in [0.1, 0.15) is 61.3 Å². The second-order valence-electron chi connectivity index (χ2n) is 7.90. The normalized spacial score (nSPS) is 28.4. The third kappa shape index (κ3) is 5.71. The Labute approximate surface area is 126 Å². The van der Waals surface area contributed by atoms with E-state index < -0.39 is 0 Å². The smallest absolute Gasteiger partial charge is 0.0674 e. The van der Waals surface area contributed by atoms with E-state index in [-0.39, 0.29) is 5.54 Å². The van der Waals surface area contributed by atoms with Crippen LogP contribution in [-0.4, -0.2) is 48.8 Å². The van der Waals surface area contributed by atoms with Crippen LogP contribution in [0.5, 0.6) is 0 Å². The maximum absolute atomic E-state index is 5.82. The van der Waals surface area contributed by atoms with Gasteiger partial charge in [-0.25, -0.2) is 0 Å². The van der Waals surface area contributed by atoms with Gasteiger partial charge >= 0.3 is 0 Å². The van der Waals surface area contributed by atoms with E-state index in [1.54, 1.807) is 0 Å². The molecule has 1 aliphatic heterocycles. The Morgan fingerprint density at radius 1 is 1.20 bits per heavy atom. The molecule has 0 bridgehead atoms. The first-order valence-electron chi connectivity index (χ1n) is 8.30. The second kappa shape index (κ2) is 7.24. The number of morpholine rings is 1. The lowest BCUT2D eigenvalue weighted by Gasteiger charge is -2.44. The summed E-state index contributed by atoms with van der Waals surface area (Å²) in [5.74, 6) is 0. The summed E-state index contributed by atoms with van der Waals surface area (Å²) in [6.45, 7) is 20.1.